The Bertz CT molecular complexity index is 1090. The molecule has 0 aliphatic rings. The van der Waals surface area contributed by atoms with Crippen molar-refractivity contribution in [1.82, 2.24) is 9.78 Å². The molecule has 0 saturated carbocycles. The molecule has 3 rings (SSSR count). The minimum absolute atomic E-state index is 0.161. The van der Waals surface area contributed by atoms with Gasteiger partial charge in [-0.3, -0.25) is 9.59 Å². The normalized spacial score (nSPS) is 10.4. The Balaban J connectivity index is 1.59. The molecule has 1 heterocycles. The number of rotatable bonds is 9. The molecule has 0 saturated heterocycles. The first kappa shape index (κ1) is 21.9. The van der Waals surface area contributed by atoms with Crippen molar-refractivity contribution in [2.45, 2.75) is 19.4 Å². The largest absolute Gasteiger partial charge is 0.497 e. The Morgan fingerprint density at radius 2 is 1.68 bits per heavy atom. The topological polar surface area (TPSA) is 91.7 Å². The first-order valence-electron chi connectivity index (χ1n) is 9.78. The van der Waals surface area contributed by atoms with Crippen molar-refractivity contribution >= 4 is 11.6 Å². The zero-order valence-corrected chi connectivity index (χ0v) is 17.8. The Hall–Kier alpha value is -3.81. The maximum Gasteiger partial charge on any atom is 0.266 e. The fourth-order valence-corrected chi connectivity index (χ4v) is 3.05. The summed E-state index contributed by atoms with van der Waals surface area (Å²) in [5, 5.41) is 7.24. The van der Waals surface area contributed by atoms with E-state index in [0.29, 0.717) is 35.8 Å². The Kier molecular flexibility index (Phi) is 7.26. The molecule has 0 fully saturated rings. The zero-order chi connectivity index (χ0) is 22.2. The second-order valence-corrected chi connectivity index (χ2v) is 6.73. The van der Waals surface area contributed by atoms with Gasteiger partial charge in [-0.05, 0) is 48.9 Å². The Morgan fingerprint density at radius 1 is 0.935 bits per heavy atom. The summed E-state index contributed by atoms with van der Waals surface area (Å²) in [7, 11) is 4.69. The summed E-state index contributed by atoms with van der Waals surface area (Å²) in [6.45, 7) is 0.335. The number of carbonyl (C=O) groups is 1. The highest BCUT2D eigenvalue weighted by molar-refractivity contribution is 5.91. The molecule has 1 N–H and O–H groups in total. The van der Waals surface area contributed by atoms with Crippen LogP contribution in [0.4, 0.5) is 5.69 Å². The van der Waals surface area contributed by atoms with E-state index in [1.807, 2.05) is 24.3 Å². The number of hydrogen-bond acceptors (Lipinski definition) is 6. The third kappa shape index (κ3) is 5.63. The molecule has 0 aliphatic heterocycles. The monoisotopic (exact) mass is 423 g/mol. The van der Waals surface area contributed by atoms with Gasteiger partial charge in [-0.1, -0.05) is 0 Å². The Labute approximate surface area is 180 Å². The number of methoxy groups -OCH3 is 3. The van der Waals surface area contributed by atoms with Crippen molar-refractivity contribution < 1.29 is 19.0 Å². The van der Waals surface area contributed by atoms with Gasteiger partial charge in [-0.15, -0.1) is 0 Å². The molecule has 1 amide bonds. The van der Waals surface area contributed by atoms with E-state index in [9.17, 15) is 9.59 Å². The van der Waals surface area contributed by atoms with Crippen LogP contribution in [0.15, 0.2) is 59.4 Å². The summed E-state index contributed by atoms with van der Waals surface area (Å²) >= 11 is 0. The third-order valence-electron chi connectivity index (χ3n) is 4.69. The number of hydrogen-bond donors (Lipinski definition) is 1. The van der Waals surface area contributed by atoms with Gasteiger partial charge in [0.2, 0.25) is 5.91 Å². The fourth-order valence-electron chi connectivity index (χ4n) is 3.05. The van der Waals surface area contributed by atoms with E-state index in [0.717, 1.165) is 11.3 Å². The third-order valence-corrected chi connectivity index (χ3v) is 4.69. The van der Waals surface area contributed by atoms with E-state index in [2.05, 4.69) is 10.4 Å². The minimum atomic E-state index is -0.211. The quantitative estimate of drug-likeness (QED) is 0.568. The molecule has 8 nitrogen and oxygen atoms in total. The number of nitrogens with one attached hydrogen (secondary N) is 1. The zero-order valence-electron chi connectivity index (χ0n) is 17.8. The van der Waals surface area contributed by atoms with Gasteiger partial charge in [0.05, 0.1) is 27.0 Å². The molecule has 3 aromatic rings. The summed E-state index contributed by atoms with van der Waals surface area (Å²) in [4.78, 5) is 24.4. The van der Waals surface area contributed by atoms with Crippen molar-refractivity contribution in [1.29, 1.82) is 0 Å². The average molecular weight is 423 g/mol. The number of benzene rings is 2. The molecule has 162 valence electrons. The summed E-state index contributed by atoms with van der Waals surface area (Å²) in [6.07, 6.45) is 0.716. The van der Waals surface area contributed by atoms with Gasteiger partial charge in [0, 0.05) is 36.3 Å². The molecule has 2 aromatic carbocycles. The lowest BCUT2D eigenvalue weighted by Crippen LogP contribution is -2.23. The predicted octanol–water partition coefficient (Wildman–Crippen LogP) is 3.36. The number of anilines is 1. The smallest absolute Gasteiger partial charge is 0.266 e. The molecule has 31 heavy (non-hydrogen) atoms. The standard InChI is InChI=1S/C23H25N3O5/c1-29-18-9-6-16(7-10-18)19-11-13-23(28)26(25-19)14-4-5-22(27)24-17-8-12-20(30-2)21(15-17)31-3/h6-13,15H,4-5,14H2,1-3H3,(H,24,27). The maximum absolute atomic E-state index is 12.3. The van der Waals surface area contributed by atoms with Crippen molar-refractivity contribution in [3.05, 3.63) is 65.0 Å². The second kappa shape index (κ2) is 10.3. The van der Waals surface area contributed by atoms with Crippen LogP contribution in [0.3, 0.4) is 0 Å². The van der Waals surface area contributed by atoms with Crippen LogP contribution in [0.25, 0.3) is 11.3 Å². The SMILES string of the molecule is COc1ccc(-c2ccc(=O)n(CCCC(=O)Nc3ccc(OC)c(OC)c3)n2)cc1. The number of aryl methyl sites for hydroxylation is 1. The van der Waals surface area contributed by atoms with Crippen LogP contribution in [0.1, 0.15) is 12.8 Å². The maximum atomic E-state index is 12.3. The van der Waals surface area contributed by atoms with Crippen molar-refractivity contribution in [3.8, 4) is 28.5 Å². The van der Waals surface area contributed by atoms with Gasteiger partial charge in [0.15, 0.2) is 11.5 Å². The van der Waals surface area contributed by atoms with Gasteiger partial charge in [-0.2, -0.15) is 5.10 Å². The van der Waals surface area contributed by atoms with Gasteiger partial charge in [-0.25, -0.2) is 4.68 Å². The van der Waals surface area contributed by atoms with Crippen LogP contribution in [-0.4, -0.2) is 37.0 Å². The van der Waals surface area contributed by atoms with Gasteiger partial charge in [0.25, 0.3) is 5.56 Å². The molecule has 0 bridgehead atoms. The van der Waals surface area contributed by atoms with Crippen LogP contribution in [0.5, 0.6) is 17.2 Å². The summed E-state index contributed by atoms with van der Waals surface area (Å²) in [6, 6.07) is 15.8. The molecule has 0 unspecified atom stereocenters. The van der Waals surface area contributed by atoms with Gasteiger partial charge in [0.1, 0.15) is 5.75 Å². The first-order chi connectivity index (χ1) is 15.0. The predicted molar refractivity (Wildman–Crippen MR) is 118 cm³/mol. The van der Waals surface area contributed by atoms with E-state index >= 15 is 0 Å². The van der Waals surface area contributed by atoms with E-state index in [1.165, 1.54) is 17.9 Å². The van der Waals surface area contributed by atoms with Crippen LogP contribution < -0.4 is 25.1 Å². The molecule has 8 heteroatoms. The van der Waals surface area contributed by atoms with Crippen LogP contribution in [0.2, 0.25) is 0 Å². The summed E-state index contributed by atoms with van der Waals surface area (Å²) < 4.78 is 17.0. The Morgan fingerprint density at radius 3 is 2.35 bits per heavy atom. The van der Waals surface area contributed by atoms with E-state index in [-0.39, 0.29) is 17.9 Å². The van der Waals surface area contributed by atoms with E-state index < -0.39 is 0 Å². The lowest BCUT2D eigenvalue weighted by atomic mass is 10.1. The highest BCUT2D eigenvalue weighted by atomic mass is 16.5. The average Bonchev–Trinajstić information content (AvgIpc) is 2.80. The molecular formula is C23H25N3O5. The lowest BCUT2D eigenvalue weighted by molar-refractivity contribution is -0.116. The van der Waals surface area contributed by atoms with E-state index in [4.69, 9.17) is 14.2 Å². The van der Waals surface area contributed by atoms with Gasteiger partial charge >= 0.3 is 0 Å². The first-order valence-corrected chi connectivity index (χ1v) is 9.78. The molecule has 0 spiro atoms. The molecule has 0 aliphatic carbocycles. The number of amides is 1. The van der Waals surface area contributed by atoms with Crippen LogP contribution in [-0.2, 0) is 11.3 Å². The minimum Gasteiger partial charge on any atom is -0.497 e. The lowest BCUT2D eigenvalue weighted by Gasteiger charge is -2.11. The van der Waals surface area contributed by atoms with E-state index in [1.54, 1.807) is 38.5 Å². The number of nitrogens with zero attached hydrogens (tertiary/aromatic N) is 2. The molecular weight excluding hydrogens is 398 g/mol. The number of carbonyl (C=O) groups excluding carboxylic acids is 1. The van der Waals surface area contributed by atoms with Crippen molar-refractivity contribution in [2.75, 3.05) is 26.6 Å². The molecule has 0 radical (unpaired) electrons. The fraction of sp³-hybridized carbons (Fsp3) is 0.261. The van der Waals surface area contributed by atoms with Crippen LogP contribution >= 0.6 is 0 Å². The number of aromatic nitrogens is 2. The molecule has 1 aromatic heterocycles. The highest BCUT2D eigenvalue weighted by Gasteiger charge is 2.09. The summed E-state index contributed by atoms with van der Waals surface area (Å²) in [5.74, 6) is 1.71. The van der Waals surface area contributed by atoms with Crippen molar-refractivity contribution in [3.63, 3.8) is 0 Å². The molecule has 0 atom stereocenters. The van der Waals surface area contributed by atoms with Gasteiger partial charge < -0.3 is 19.5 Å². The number of ether oxygens (including phenoxy) is 3. The van der Waals surface area contributed by atoms with Crippen LogP contribution in [0, 0.1) is 0 Å². The second-order valence-electron chi connectivity index (χ2n) is 6.73. The highest BCUT2D eigenvalue weighted by Crippen LogP contribution is 2.29. The summed E-state index contributed by atoms with van der Waals surface area (Å²) in [5.41, 5.74) is 1.95. The van der Waals surface area contributed by atoms with Crippen molar-refractivity contribution in [2.24, 2.45) is 0 Å².